The van der Waals surface area contributed by atoms with Crippen LogP contribution in [0.3, 0.4) is 0 Å². The number of nitrogens with one attached hydrogen (secondary N) is 1. The van der Waals surface area contributed by atoms with Gasteiger partial charge in [0.1, 0.15) is 23.9 Å². The Bertz CT molecular complexity index is 301. The van der Waals surface area contributed by atoms with E-state index in [1.807, 2.05) is 0 Å². The summed E-state index contributed by atoms with van der Waals surface area (Å²) in [5.74, 6) is 0.538. The minimum atomic E-state index is -2.43. The van der Waals surface area contributed by atoms with Gasteiger partial charge in [0, 0.05) is 12.6 Å². The maximum Gasteiger partial charge on any atom is 0.261 e. The minimum Gasteiger partial charge on any atom is -0.374 e. The lowest BCUT2D eigenvalue weighted by molar-refractivity contribution is 0.0215. The Hall–Kier alpha value is -1.01. The van der Waals surface area contributed by atoms with Crippen molar-refractivity contribution in [3.05, 3.63) is 17.5 Å². The van der Waals surface area contributed by atoms with Gasteiger partial charge in [-0.1, -0.05) is 11.6 Å². The molecule has 1 heterocycles. The number of ether oxygens (including phenoxy) is 1. The van der Waals surface area contributed by atoms with Crippen LogP contribution in [0, 0.1) is 0 Å². The molecular formula is C8H10ClF2N3O. The number of nitrogens with zero attached hydrogens (tertiary/aromatic N) is 2. The second-order valence-electron chi connectivity index (χ2n) is 2.62. The summed E-state index contributed by atoms with van der Waals surface area (Å²) in [6.07, 6.45) is -1.12. The van der Waals surface area contributed by atoms with Gasteiger partial charge in [-0.05, 0) is 0 Å². The van der Waals surface area contributed by atoms with Crippen LogP contribution in [0.2, 0.25) is 5.15 Å². The lowest BCUT2D eigenvalue weighted by atomic mass is 10.5. The van der Waals surface area contributed by atoms with Gasteiger partial charge in [0.2, 0.25) is 0 Å². The largest absolute Gasteiger partial charge is 0.374 e. The highest BCUT2D eigenvalue weighted by Crippen LogP contribution is 2.07. The van der Waals surface area contributed by atoms with Gasteiger partial charge in [0.25, 0.3) is 6.43 Å². The first-order chi connectivity index (χ1) is 7.18. The molecule has 0 saturated heterocycles. The van der Waals surface area contributed by atoms with Crippen molar-refractivity contribution in [3.63, 3.8) is 0 Å². The Balaban J connectivity index is 2.15. The van der Waals surface area contributed by atoms with E-state index in [0.29, 0.717) is 17.5 Å². The standard InChI is InChI=1S/C8H10ClF2N3O/c9-6-3-8(14-5-13-6)12-1-2-15-4-7(10)11/h3,5,7H,1-2,4H2,(H,12,13,14). The normalized spacial score (nSPS) is 10.7. The highest BCUT2D eigenvalue weighted by Gasteiger charge is 2.01. The fraction of sp³-hybridized carbons (Fsp3) is 0.500. The zero-order valence-corrected chi connectivity index (χ0v) is 8.55. The molecular weight excluding hydrogens is 228 g/mol. The van der Waals surface area contributed by atoms with Crippen LogP contribution < -0.4 is 5.32 Å². The van der Waals surface area contributed by atoms with Crippen molar-refractivity contribution in [1.82, 2.24) is 9.97 Å². The van der Waals surface area contributed by atoms with Crippen LogP contribution in [0.4, 0.5) is 14.6 Å². The molecule has 0 saturated carbocycles. The third kappa shape index (κ3) is 5.44. The minimum absolute atomic E-state index is 0.186. The third-order valence-corrected chi connectivity index (χ3v) is 1.64. The van der Waals surface area contributed by atoms with Crippen LogP contribution in [0.25, 0.3) is 0 Å². The molecule has 0 bridgehead atoms. The van der Waals surface area contributed by atoms with Gasteiger partial charge in [-0.25, -0.2) is 18.7 Å². The number of hydrogen-bond donors (Lipinski definition) is 1. The van der Waals surface area contributed by atoms with Gasteiger partial charge in [-0.2, -0.15) is 0 Å². The molecule has 1 aromatic heterocycles. The summed E-state index contributed by atoms with van der Waals surface area (Å²) in [7, 11) is 0. The Kier molecular flexibility index (Phi) is 5.20. The van der Waals surface area contributed by atoms with Crippen LogP contribution >= 0.6 is 11.6 Å². The first kappa shape index (κ1) is 12.1. The monoisotopic (exact) mass is 237 g/mol. The van der Waals surface area contributed by atoms with Gasteiger partial charge < -0.3 is 10.1 Å². The predicted octanol–water partition coefficient (Wildman–Crippen LogP) is 1.82. The van der Waals surface area contributed by atoms with E-state index >= 15 is 0 Å². The van der Waals surface area contributed by atoms with E-state index in [4.69, 9.17) is 11.6 Å². The van der Waals surface area contributed by atoms with Gasteiger partial charge in [-0.15, -0.1) is 0 Å². The Labute approximate surface area is 90.6 Å². The molecule has 84 valence electrons. The number of rotatable bonds is 6. The molecule has 1 aromatic rings. The number of aromatic nitrogens is 2. The molecule has 0 amide bonds. The summed E-state index contributed by atoms with van der Waals surface area (Å²) in [4.78, 5) is 7.55. The van der Waals surface area contributed by atoms with Crippen LogP contribution in [0.15, 0.2) is 12.4 Å². The summed E-state index contributed by atoms with van der Waals surface area (Å²) < 4.78 is 28.0. The van der Waals surface area contributed by atoms with Crippen molar-refractivity contribution >= 4 is 17.4 Å². The topological polar surface area (TPSA) is 47.0 Å². The molecule has 0 aromatic carbocycles. The van der Waals surface area contributed by atoms with E-state index in [0.717, 1.165) is 0 Å². The molecule has 0 fully saturated rings. The molecule has 4 nitrogen and oxygen atoms in total. The summed E-state index contributed by atoms with van der Waals surface area (Å²) in [6.45, 7) is 0.0260. The highest BCUT2D eigenvalue weighted by atomic mass is 35.5. The lowest BCUT2D eigenvalue weighted by Crippen LogP contribution is -2.13. The van der Waals surface area contributed by atoms with E-state index < -0.39 is 13.0 Å². The van der Waals surface area contributed by atoms with Crippen molar-refractivity contribution in [1.29, 1.82) is 0 Å². The number of anilines is 1. The maximum atomic E-state index is 11.7. The van der Waals surface area contributed by atoms with E-state index in [1.54, 1.807) is 0 Å². The fourth-order valence-electron chi connectivity index (χ4n) is 0.854. The lowest BCUT2D eigenvalue weighted by Gasteiger charge is -2.05. The SMILES string of the molecule is FC(F)COCCNc1cc(Cl)ncn1. The van der Waals surface area contributed by atoms with Crippen molar-refractivity contribution in [3.8, 4) is 0 Å². The van der Waals surface area contributed by atoms with Crippen LogP contribution in [-0.2, 0) is 4.74 Å². The molecule has 0 spiro atoms. The summed E-state index contributed by atoms with van der Waals surface area (Å²) in [5.41, 5.74) is 0. The number of alkyl halides is 2. The highest BCUT2D eigenvalue weighted by molar-refractivity contribution is 6.29. The summed E-state index contributed by atoms with van der Waals surface area (Å²) in [5, 5.41) is 3.17. The van der Waals surface area contributed by atoms with Gasteiger partial charge in [0.05, 0.1) is 6.61 Å². The van der Waals surface area contributed by atoms with Crippen LogP contribution in [0.5, 0.6) is 0 Å². The van der Waals surface area contributed by atoms with Gasteiger partial charge in [0.15, 0.2) is 0 Å². The Morgan fingerprint density at radius 2 is 2.27 bits per heavy atom. The smallest absolute Gasteiger partial charge is 0.261 e. The van der Waals surface area contributed by atoms with Crippen molar-refractivity contribution in [2.24, 2.45) is 0 Å². The molecule has 0 radical (unpaired) electrons. The van der Waals surface area contributed by atoms with E-state index in [9.17, 15) is 8.78 Å². The average Bonchev–Trinajstić information content (AvgIpc) is 2.17. The van der Waals surface area contributed by atoms with Crippen molar-refractivity contribution in [2.45, 2.75) is 6.43 Å². The third-order valence-electron chi connectivity index (χ3n) is 1.43. The summed E-state index contributed by atoms with van der Waals surface area (Å²) >= 11 is 5.60. The Morgan fingerprint density at radius 1 is 1.47 bits per heavy atom. The van der Waals surface area contributed by atoms with Crippen LogP contribution in [-0.4, -0.2) is 36.2 Å². The van der Waals surface area contributed by atoms with E-state index in [2.05, 4.69) is 20.0 Å². The fourth-order valence-corrected chi connectivity index (χ4v) is 1.00. The zero-order valence-electron chi connectivity index (χ0n) is 7.79. The molecule has 0 unspecified atom stereocenters. The van der Waals surface area contributed by atoms with Crippen LogP contribution in [0.1, 0.15) is 0 Å². The molecule has 15 heavy (non-hydrogen) atoms. The summed E-state index contributed by atoms with van der Waals surface area (Å²) in [6, 6.07) is 1.54. The average molecular weight is 238 g/mol. The van der Waals surface area contributed by atoms with E-state index in [1.165, 1.54) is 12.4 Å². The molecule has 1 rings (SSSR count). The molecule has 0 atom stereocenters. The molecule has 0 aliphatic carbocycles. The number of halogens is 3. The van der Waals surface area contributed by atoms with Gasteiger partial charge >= 0.3 is 0 Å². The number of hydrogen-bond acceptors (Lipinski definition) is 4. The first-order valence-corrected chi connectivity index (χ1v) is 4.63. The van der Waals surface area contributed by atoms with Crippen molar-refractivity contribution in [2.75, 3.05) is 25.1 Å². The van der Waals surface area contributed by atoms with Gasteiger partial charge in [-0.3, -0.25) is 0 Å². The molecule has 7 heteroatoms. The Morgan fingerprint density at radius 3 is 2.93 bits per heavy atom. The first-order valence-electron chi connectivity index (χ1n) is 4.26. The molecule has 1 N–H and O–H groups in total. The van der Waals surface area contributed by atoms with Crippen molar-refractivity contribution < 1.29 is 13.5 Å². The molecule has 0 aliphatic heterocycles. The molecule has 0 aliphatic rings. The second-order valence-corrected chi connectivity index (χ2v) is 3.01. The second kappa shape index (κ2) is 6.47. The quantitative estimate of drug-likeness (QED) is 0.606. The van der Waals surface area contributed by atoms with E-state index in [-0.39, 0.29) is 6.61 Å². The maximum absolute atomic E-state index is 11.7. The predicted molar refractivity (Wildman–Crippen MR) is 52.4 cm³/mol. The zero-order chi connectivity index (χ0) is 11.1.